The van der Waals surface area contributed by atoms with Crippen molar-refractivity contribution >= 4 is 15.9 Å². The maximum Gasteiger partial charge on any atom is 0.264 e. The SMILES string of the molecule is CCCc1ccc(S(=O)(=O)NC(=O)CCCc2ccc(C)cc2)cc1. The zero-order valence-electron chi connectivity index (χ0n) is 14.8. The number of benzene rings is 2. The minimum absolute atomic E-state index is 0.124. The van der Waals surface area contributed by atoms with Crippen molar-refractivity contribution in [1.82, 2.24) is 4.72 Å². The second kappa shape index (κ2) is 8.81. The third kappa shape index (κ3) is 6.02. The molecule has 0 radical (unpaired) electrons. The first-order valence-corrected chi connectivity index (χ1v) is 10.1. The van der Waals surface area contributed by atoms with Gasteiger partial charge in [-0.15, -0.1) is 0 Å². The standard InChI is InChI=1S/C20H25NO3S/c1-3-5-17-12-14-19(15-13-17)25(23,24)21-20(22)7-4-6-18-10-8-16(2)9-11-18/h8-15H,3-7H2,1-2H3,(H,21,22). The molecule has 0 aromatic heterocycles. The van der Waals surface area contributed by atoms with Crippen LogP contribution in [0.15, 0.2) is 53.4 Å². The lowest BCUT2D eigenvalue weighted by atomic mass is 10.1. The number of aryl methyl sites for hydroxylation is 3. The van der Waals surface area contributed by atoms with Gasteiger partial charge >= 0.3 is 0 Å². The van der Waals surface area contributed by atoms with Crippen molar-refractivity contribution in [3.8, 4) is 0 Å². The summed E-state index contributed by atoms with van der Waals surface area (Å²) >= 11 is 0. The molecule has 0 heterocycles. The average molecular weight is 359 g/mol. The maximum absolute atomic E-state index is 12.3. The Bertz CT molecular complexity index is 794. The van der Waals surface area contributed by atoms with Crippen LogP contribution in [0.4, 0.5) is 0 Å². The highest BCUT2D eigenvalue weighted by Crippen LogP contribution is 2.12. The molecule has 2 rings (SSSR count). The van der Waals surface area contributed by atoms with Crippen molar-refractivity contribution in [2.45, 2.75) is 50.8 Å². The van der Waals surface area contributed by atoms with Gasteiger partial charge in [0.15, 0.2) is 0 Å². The Labute approximate surface area is 150 Å². The topological polar surface area (TPSA) is 63.2 Å². The summed E-state index contributed by atoms with van der Waals surface area (Å²) in [5, 5.41) is 0. The van der Waals surface area contributed by atoms with E-state index in [0.29, 0.717) is 6.42 Å². The molecule has 0 aliphatic rings. The Morgan fingerprint density at radius 1 is 0.920 bits per heavy atom. The fourth-order valence-electron chi connectivity index (χ4n) is 2.59. The van der Waals surface area contributed by atoms with Crippen LogP contribution in [0.1, 0.15) is 42.9 Å². The van der Waals surface area contributed by atoms with Crippen LogP contribution in [0.3, 0.4) is 0 Å². The fraction of sp³-hybridized carbons (Fsp3) is 0.350. The van der Waals surface area contributed by atoms with Crippen molar-refractivity contribution < 1.29 is 13.2 Å². The van der Waals surface area contributed by atoms with E-state index in [0.717, 1.165) is 30.4 Å². The van der Waals surface area contributed by atoms with Gasteiger partial charge in [0.05, 0.1) is 4.90 Å². The summed E-state index contributed by atoms with van der Waals surface area (Å²) in [5.74, 6) is -0.468. The highest BCUT2D eigenvalue weighted by molar-refractivity contribution is 7.90. The lowest BCUT2D eigenvalue weighted by Crippen LogP contribution is -2.30. The fourth-order valence-corrected chi connectivity index (χ4v) is 3.61. The van der Waals surface area contributed by atoms with Crippen molar-refractivity contribution in [2.24, 2.45) is 0 Å². The summed E-state index contributed by atoms with van der Waals surface area (Å²) < 4.78 is 26.7. The Kier molecular flexibility index (Phi) is 6.76. The highest BCUT2D eigenvalue weighted by atomic mass is 32.2. The summed E-state index contributed by atoms with van der Waals surface area (Å²) in [4.78, 5) is 12.1. The molecule has 134 valence electrons. The number of carbonyl (C=O) groups is 1. The van der Waals surface area contributed by atoms with Crippen LogP contribution in [-0.4, -0.2) is 14.3 Å². The van der Waals surface area contributed by atoms with Crippen LogP contribution in [-0.2, 0) is 27.7 Å². The molecule has 0 aliphatic heterocycles. The molecule has 1 N–H and O–H groups in total. The molecule has 25 heavy (non-hydrogen) atoms. The number of carbonyl (C=O) groups excluding carboxylic acids is 1. The van der Waals surface area contributed by atoms with Gasteiger partial charge in [0.2, 0.25) is 5.91 Å². The number of amides is 1. The molecule has 0 saturated carbocycles. The lowest BCUT2D eigenvalue weighted by Gasteiger charge is -2.08. The summed E-state index contributed by atoms with van der Waals surface area (Å²) in [6.45, 7) is 4.10. The number of hydrogen-bond acceptors (Lipinski definition) is 3. The number of nitrogens with one attached hydrogen (secondary N) is 1. The molecule has 1 amide bonds. The van der Waals surface area contributed by atoms with Gasteiger partial charge in [-0.25, -0.2) is 13.1 Å². The molecule has 0 unspecified atom stereocenters. The van der Waals surface area contributed by atoms with E-state index in [4.69, 9.17) is 0 Å². The van der Waals surface area contributed by atoms with Crippen LogP contribution in [0.5, 0.6) is 0 Å². The normalized spacial score (nSPS) is 11.3. The van der Waals surface area contributed by atoms with Gasteiger partial charge in [0.1, 0.15) is 0 Å². The van der Waals surface area contributed by atoms with Gasteiger partial charge in [-0.2, -0.15) is 0 Å². The maximum atomic E-state index is 12.3. The van der Waals surface area contributed by atoms with Crippen molar-refractivity contribution in [3.63, 3.8) is 0 Å². The molecule has 0 saturated heterocycles. The third-order valence-corrected chi connectivity index (χ3v) is 5.40. The Morgan fingerprint density at radius 2 is 1.48 bits per heavy atom. The Hall–Kier alpha value is -2.14. The summed E-state index contributed by atoms with van der Waals surface area (Å²) in [6.07, 6.45) is 3.45. The van der Waals surface area contributed by atoms with E-state index in [1.165, 1.54) is 5.56 Å². The van der Waals surface area contributed by atoms with Gasteiger partial charge in [-0.3, -0.25) is 4.79 Å². The minimum Gasteiger partial charge on any atom is -0.274 e. The second-order valence-electron chi connectivity index (χ2n) is 6.26. The number of hydrogen-bond donors (Lipinski definition) is 1. The molecule has 5 heteroatoms. The van der Waals surface area contributed by atoms with Gasteiger partial charge in [0, 0.05) is 6.42 Å². The first-order valence-electron chi connectivity index (χ1n) is 8.61. The van der Waals surface area contributed by atoms with E-state index >= 15 is 0 Å². The van der Waals surface area contributed by atoms with Gasteiger partial charge in [0.25, 0.3) is 10.0 Å². The van der Waals surface area contributed by atoms with Crippen LogP contribution in [0.25, 0.3) is 0 Å². The van der Waals surface area contributed by atoms with E-state index in [9.17, 15) is 13.2 Å². The van der Waals surface area contributed by atoms with Crippen molar-refractivity contribution in [3.05, 3.63) is 65.2 Å². The van der Waals surface area contributed by atoms with Crippen LogP contribution in [0.2, 0.25) is 0 Å². The third-order valence-electron chi connectivity index (χ3n) is 4.01. The molecule has 2 aromatic rings. The highest BCUT2D eigenvalue weighted by Gasteiger charge is 2.17. The van der Waals surface area contributed by atoms with E-state index in [1.807, 2.05) is 31.2 Å². The van der Waals surface area contributed by atoms with Gasteiger partial charge in [-0.05, 0) is 49.4 Å². The van der Waals surface area contributed by atoms with E-state index < -0.39 is 15.9 Å². The molecule has 0 bridgehead atoms. The monoisotopic (exact) mass is 359 g/mol. The summed E-state index contributed by atoms with van der Waals surface area (Å²) in [6, 6.07) is 14.8. The molecule has 0 aliphatic carbocycles. The predicted molar refractivity (Wildman–Crippen MR) is 99.9 cm³/mol. The van der Waals surface area contributed by atoms with Crippen LogP contribution >= 0.6 is 0 Å². The van der Waals surface area contributed by atoms with E-state index in [-0.39, 0.29) is 11.3 Å². The lowest BCUT2D eigenvalue weighted by molar-refractivity contribution is -0.119. The zero-order valence-corrected chi connectivity index (χ0v) is 15.6. The first kappa shape index (κ1) is 19.2. The quantitative estimate of drug-likeness (QED) is 0.780. The summed E-state index contributed by atoms with van der Waals surface area (Å²) in [7, 11) is -3.79. The molecule has 4 nitrogen and oxygen atoms in total. The van der Waals surface area contributed by atoms with Crippen LogP contribution in [0, 0.1) is 6.92 Å². The van der Waals surface area contributed by atoms with Crippen molar-refractivity contribution in [1.29, 1.82) is 0 Å². The molecule has 0 atom stereocenters. The van der Waals surface area contributed by atoms with Gasteiger partial charge < -0.3 is 0 Å². The average Bonchev–Trinajstić information content (AvgIpc) is 2.57. The van der Waals surface area contributed by atoms with E-state index in [2.05, 4.69) is 11.6 Å². The van der Waals surface area contributed by atoms with E-state index in [1.54, 1.807) is 24.3 Å². The smallest absolute Gasteiger partial charge is 0.264 e. The molecule has 0 fully saturated rings. The minimum atomic E-state index is -3.79. The molecular formula is C20H25NO3S. The molecule has 2 aromatic carbocycles. The van der Waals surface area contributed by atoms with Crippen LogP contribution < -0.4 is 4.72 Å². The first-order chi connectivity index (χ1) is 11.9. The number of rotatable bonds is 8. The summed E-state index contributed by atoms with van der Waals surface area (Å²) in [5.41, 5.74) is 3.43. The Morgan fingerprint density at radius 3 is 2.08 bits per heavy atom. The predicted octanol–water partition coefficient (Wildman–Crippen LogP) is 3.78. The van der Waals surface area contributed by atoms with Gasteiger partial charge in [-0.1, -0.05) is 55.3 Å². The molecule has 0 spiro atoms. The Balaban J connectivity index is 1.86. The zero-order chi connectivity index (χ0) is 18.3. The largest absolute Gasteiger partial charge is 0.274 e. The molecular weight excluding hydrogens is 334 g/mol. The van der Waals surface area contributed by atoms with Crippen molar-refractivity contribution in [2.75, 3.05) is 0 Å². The second-order valence-corrected chi connectivity index (χ2v) is 7.94. The number of sulfonamides is 1.